The summed E-state index contributed by atoms with van der Waals surface area (Å²) >= 11 is 0. The van der Waals surface area contributed by atoms with E-state index in [9.17, 15) is 4.79 Å². The van der Waals surface area contributed by atoms with Gasteiger partial charge in [-0.2, -0.15) is 5.10 Å². The molecule has 0 N–H and O–H groups in total. The Morgan fingerprint density at radius 3 is 3.32 bits per heavy atom. The molecule has 2 fully saturated rings. The molecule has 2 unspecified atom stereocenters. The predicted octanol–water partition coefficient (Wildman–Crippen LogP) is 0.273. The second-order valence-corrected chi connectivity index (χ2v) is 5.25. The first-order valence-electron chi connectivity index (χ1n) is 7.03. The Balaban J connectivity index is 1.61. The highest BCUT2D eigenvalue weighted by molar-refractivity contribution is 5.85. The molecular weight excluding hydrogens is 244 g/mol. The molecule has 0 spiro atoms. The van der Waals surface area contributed by atoms with Gasteiger partial charge in [-0.15, -0.1) is 0 Å². The van der Waals surface area contributed by atoms with Crippen molar-refractivity contribution in [3.8, 4) is 0 Å². The molecule has 2 atom stereocenters. The van der Waals surface area contributed by atoms with Crippen LogP contribution < -0.4 is 0 Å². The molecule has 0 aliphatic carbocycles. The Hall–Kier alpha value is -1.27. The number of aryl methyl sites for hydroxylation is 1. The highest BCUT2D eigenvalue weighted by atomic mass is 16.5. The van der Waals surface area contributed by atoms with E-state index in [0.717, 1.165) is 25.5 Å². The van der Waals surface area contributed by atoms with Gasteiger partial charge in [-0.1, -0.05) is 0 Å². The lowest BCUT2D eigenvalue weighted by atomic mass is 10.1. The molecule has 3 heterocycles. The van der Waals surface area contributed by atoms with Crippen molar-refractivity contribution in [1.29, 1.82) is 0 Å². The van der Waals surface area contributed by atoms with E-state index in [-0.39, 0.29) is 11.9 Å². The van der Waals surface area contributed by atoms with Gasteiger partial charge in [0.25, 0.3) is 0 Å². The molecule has 0 radical (unpaired) electrons. The summed E-state index contributed by atoms with van der Waals surface area (Å²) in [5.74, 6) is 0.854. The summed E-state index contributed by atoms with van der Waals surface area (Å²) in [7, 11) is 0. The zero-order chi connectivity index (χ0) is 13.2. The monoisotopic (exact) mass is 264 g/mol. The standard InChI is InChI=1S/C13H20N4O2/c1-2-17-13(14-9-15-17)6-11(18)12-7-16-5-3-4-10(16)8-19-12/h9-10,12H,2-8H2,1H3. The van der Waals surface area contributed by atoms with E-state index in [2.05, 4.69) is 15.0 Å². The van der Waals surface area contributed by atoms with Gasteiger partial charge in [-0.25, -0.2) is 9.67 Å². The van der Waals surface area contributed by atoms with Crippen LogP contribution in [-0.4, -0.2) is 57.3 Å². The number of carbonyl (C=O) groups excluding carboxylic acids is 1. The second-order valence-electron chi connectivity index (χ2n) is 5.25. The SMILES string of the molecule is CCn1ncnc1CC(=O)C1CN2CCCC2CO1. The zero-order valence-electron chi connectivity index (χ0n) is 11.3. The first kappa shape index (κ1) is 12.7. The molecule has 6 heteroatoms. The fourth-order valence-corrected chi connectivity index (χ4v) is 2.97. The van der Waals surface area contributed by atoms with Crippen LogP contribution in [-0.2, 0) is 22.5 Å². The van der Waals surface area contributed by atoms with E-state index in [4.69, 9.17) is 4.74 Å². The summed E-state index contributed by atoms with van der Waals surface area (Å²) in [4.78, 5) is 18.8. The van der Waals surface area contributed by atoms with Crippen LogP contribution in [0, 0.1) is 0 Å². The number of rotatable bonds is 4. The lowest BCUT2D eigenvalue weighted by Gasteiger charge is -2.34. The summed E-state index contributed by atoms with van der Waals surface area (Å²) < 4.78 is 7.49. The van der Waals surface area contributed by atoms with Gasteiger partial charge >= 0.3 is 0 Å². The molecule has 104 valence electrons. The minimum absolute atomic E-state index is 0.119. The summed E-state index contributed by atoms with van der Waals surface area (Å²) in [5, 5.41) is 4.09. The summed E-state index contributed by atoms with van der Waals surface area (Å²) in [5.41, 5.74) is 0. The smallest absolute Gasteiger partial charge is 0.170 e. The molecular formula is C13H20N4O2. The molecule has 1 aromatic heterocycles. The third-order valence-corrected chi connectivity index (χ3v) is 4.08. The number of hydrogen-bond donors (Lipinski definition) is 0. The topological polar surface area (TPSA) is 60.2 Å². The molecule has 0 aromatic carbocycles. The second kappa shape index (κ2) is 5.38. The van der Waals surface area contributed by atoms with E-state index >= 15 is 0 Å². The van der Waals surface area contributed by atoms with Gasteiger partial charge in [0.1, 0.15) is 18.3 Å². The van der Waals surface area contributed by atoms with Crippen LogP contribution in [0.4, 0.5) is 0 Å². The van der Waals surface area contributed by atoms with E-state index in [1.54, 1.807) is 4.68 Å². The van der Waals surface area contributed by atoms with Crippen molar-refractivity contribution in [1.82, 2.24) is 19.7 Å². The first-order valence-corrected chi connectivity index (χ1v) is 7.03. The van der Waals surface area contributed by atoms with Crippen molar-refractivity contribution in [2.24, 2.45) is 0 Å². The quantitative estimate of drug-likeness (QED) is 0.781. The number of nitrogens with zero attached hydrogens (tertiary/aromatic N) is 4. The minimum atomic E-state index is -0.295. The summed E-state index contributed by atoms with van der Waals surface area (Å²) in [6.07, 6.45) is 3.95. The number of ether oxygens (including phenoxy) is 1. The maximum absolute atomic E-state index is 12.3. The van der Waals surface area contributed by atoms with Crippen LogP contribution in [0.5, 0.6) is 0 Å². The molecule has 2 saturated heterocycles. The van der Waals surface area contributed by atoms with Crippen LogP contribution in [0.2, 0.25) is 0 Å². The fourth-order valence-electron chi connectivity index (χ4n) is 2.97. The Morgan fingerprint density at radius 1 is 1.58 bits per heavy atom. The van der Waals surface area contributed by atoms with Crippen LogP contribution >= 0.6 is 0 Å². The Bertz CT molecular complexity index is 459. The van der Waals surface area contributed by atoms with Crippen LogP contribution in [0.25, 0.3) is 0 Å². The lowest BCUT2D eigenvalue weighted by molar-refractivity contribution is -0.137. The highest BCUT2D eigenvalue weighted by Crippen LogP contribution is 2.23. The van der Waals surface area contributed by atoms with E-state index in [1.807, 2.05) is 6.92 Å². The van der Waals surface area contributed by atoms with Gasteiger partial charge in [0.05, 0.1) is 13.0 Å². The zero-order valence-corrected chi connectivity index (χ0v) is 11.3. The number of hydrogen-bond acceptors (Lipinski definition) is 5. The minimum Gasteiger partial charge on any atom is -0.367 e. The van der Waals surface area contributed by atoms with Crippen LogP contribution in [0.15, 0.2) is 6.33 Å². The fraction of sp³-hybridized carbons (Fsp3) is 0.769. The van der Waals surface area contributed by atoms with Crippen molar-refractivity contribution in [2.75, 3.05) is 19.7 Å². The molecule has 2 aliphatic heterocycles. The third kappa shape index (κ3) is 2.55. The average molecular weight is 264 g/mol. The largest absolute Gasteiger partial charge is 0.367 e. The van der Waals surface area contributed by atoms with Gasteiger partial charge < -0.3 is 4.74 Å². The Labute approximate surface area is 112 Å². The maximum atomic E-state index is 12.3. The molecule has 1 aromatic rings. The number of fused-ring (bicyclic) bond motifs is 1. The van der Waals surface area contributed by atoms with Crippen LogP contribution in [0.1, 0.15) is 25.6 Å². The normalized spacial score (nSPS) is 27.4. The van der Waals surface area contributed by atoms with Gasteiger partial charge in [0.15, 0.2) is 5.78 Å². The molecule has 6 nitrogen and oxygen atoms in total. The highest BCUT2D eigenvalue weighted by Gasteiger charge is 2.35. The van der Waals surface area contributed by atoms with E-state index in [1.165, 1.54) is 19.2 Å². The average Bonchev–Trinajstić information content (AvgIpc) is 3.05. The maximum Gasteiger partial charge on any atom is 0.170 e. The number of Topliss-reactive ketones (excluding diaryl/α,β-unsaturated/α-hetero) is 1. The van der Waals surface area contributed by atoms with Gasteiger partial charge in [0.2, 0.25) is 0 Å². The predicted molar refractivity (Wildman–Crippen MR) is 68.7 cm³/mol. The Morgan fingerprint density at radius 2 is 2.47 bits per heavy atom. The molecule has 0 bridgehead atoms. The van der Waals surface area contributed by atoms with Gasteiger partial charge in [-0.3, -0.25) is 9.69 Å². The molecule has 3 rings (SSSR count). The third-order valence-electron chi connectivity index (χ3n) is 4.08. The Kier molecular flexibility index (Phi) is 3.61. The first-order chi connectivity index (χ1) is 9.28. The summed E-state index contributed by atoms with van der Waals surface area (Å²) in [6.45, 7) is 5.26. The van der Waals surface area contributed by atoms with E-state index in [0.29, 0.717) is 19.1 Å². The van der Waals surface area contributed by atoms with Crippen molar-refractivity contribution in [3.05, 3.63) is 12.2 Å². The van der Waals surface area contributed by atoms with E-state index < -0.39 is 0 Å². The van der Waals surface area contributed by atoms with Crippen molar-refractivity contribution in [2.45, 2.75) is 44.9 Å². The number of ketones is 1. The summed E-state index contributed by atoms with van der Waals surface area (Å²) in [6, 6.07) is 0.531. The number of morpholine rings is 1. The number of carbonyl (C=O) groups is 1. The van der Waals surface area contributed by atoms with Crippen molar-refractivity contribution < 1.29 is 9.53 Å². The van der Waals surface area contributed by atoms with Crippen molar-refractivity contribution >= 4 is 5.78 Å². The lowest BCUT2D eigenvalue weighted by Crippen LogP contribution is -2.49. The van der Waals surface area contributed by atoms with Crippen LogP contribution in [0.3, 0.4) is 0 Å². The number of aromatic nitrogens is 3. The molecule has 0 saturated carbocycles. The van der Waals surface area contributed by atoms with Gasteiger partial charge in [-0.05, 0) is 26.3 Å². The molecule has 19 heavy (non-hydrogen) atoms. The molecule has 0 amide bonds. The van der Waals surface area contributed by atoms with Gasteiger partial charge in [0, 0.05) is 19.1 Å². The molecule has 2 aliphatic rings. The van der Waals surface area contributed by atoms with Crippen molar-refractivity contribution in [3.63, 3.8) is 0 Å².